The highest BCUT2D eigenvalue weighted by Gasteiger charge is 2.32. The van der Waals surface area contributed by atoms with E-state index in [2.05, 4.69) is 41.3 Å². The highest BCUT2D eigenvalue weighted by molar-refractivity contribution is 5.93. The molecular formula is C31H34N4O5. The van der Waals surface area contributed by atoms with Crippen LogP contribution in [0.1, 0.15) is 89.8 Å². The number of benzene rings is 2. The van der Waals surface area contributed by atoms with Crippen LogP contribution in [0.15, 0.2) is 51.8 Å². The van der Waals surface area contributed by atoms with E-state index in [9.17, 15) is 14.7 Å². The van der Waals surface area contributed by atoms with Gasteiger partial charge in [0.05, 0.1) is 6.61 Å². The number of imidazole rings is 1. The summed E-state index contributed by atoms with van der Waals surface area (Å²) >= 11 is 0. The number of H-pyrrole nitrogens is 1. The number of ether oxygens (including phenoxy) is 1. The number of hydrogen-bond donors (Lipinski definition) is 2. The average molecular weight is 543 g/mol. The van der Waals surface area contributed by atoms with Crippen LogP contribution in [-0.4, -0.2) is 37.4 Å². The van der Waals surface area contributed by atoms with Crippen LogP contribution in [0.25, 0.3) is 11.6 Å². The smallest absolute Gasteiger partial charge is 0.439 e. The summed E-state index contributed by atoms with van der Waals surface area (Å²) in [5.41, 5.74) is 5.72. The Labute approximate surface area is 232 Å². The fourth-order valence-corrected chi connectivity index (χ4v) is 5.33. The van der Waals surface area contributed by atoms with Gasteiger partial charge in [-0.05, 0) is 79.5 Å². The van der Waals surface area contributed by atoms with E-state index in [1.54, 1.807) is 20.8 Å². The number of nitrogens with one attached hydrogen (secondary N) is 1. The Kier molecular flexibility index (Phi) is 7.58. The van der Waals surface area contributed by atoms with Gasteiger partial charge < -0.3 is 14.4 Å². The molecule has 0 bridgehead atoms. The first-order chi connectivity index (χ1) is 19.2. The summed E-state index contributed by atoms with van der Waals surface area (Å²) in [4.78, 5) is 32.1. The number of carbonyl (C=O) groups is 1. The lowest BCUT2D eigenvalue weighted by Crippen LogP contribution is -2.23. The molecule has 0 saturated carbocycles. The van der Waals surface area contributed by atoms with Crippen LogP contribution in [0.2, 0.25) is 0 Å². The zero-order valence-corrected chi connectivity index (χ0v) is 23.3. The topological polar surface area (TPSA) is 123 Å². The molecule has 5 rings (SSSR count). The van der Waals surface area contributed by atoms with E-state index in [1.807, 2.05) is 28.8 Å². The molecule has 0 spiro atoms. The van der Waals surface area contributed by atoms with Gasteiger partial charge in [-0.15, -0.1) is 0 Å². The van der Waals surface area contributed by atoms with Crippen molar-refractivity contribution in [3.8, 4) is 0 Å². The summed E-state index contributed by atoms with van der Waals surface area (Å²) in [6.07, 6.45) is 5.01. The van der Waals surface area contributed by atoms with Gasteiger partial charge in [-0.1, -0.05) is 54.5 Å². The third kappa shape index (κ3) is 5.42. The van der Waals surface area contributed by atoms with Gasteiger partial charge in [-0.2, -0.15) is 0 Å². The second-order valence-electron chi connectivity index (χ2n) is 10.5. The van der Waals surface area contributed by atoms with E-state index in [4.69, 9.17) is 14.2 Å². The van der Waals surface area contributed by atoms with Gasteiger partial charge in [0.15, 0.2) is 11.5 Å². The van der Waals surface area contributed by atoms with Crippen LogP contribution in [0, 0.1) is 0 Å². The number of aliphatic hydroxyl groups is 1. The normalized spacial score (nSPS) is 14.1. The third-order valence-electron chi connectivity index (χ3n) is 7.08. The van der Waals surface area contributed by atoms with Gasteiger partial charge in [-0.3, -0.25) is 9.51 Å². The Balaban J connectivity index is 1.61. The van der Waals surface area contributed by atoms with Crippen LogP contribution >= 0.6 is 0 Å². The van der Waals surface area contributed by atoms with Crippen molar-refractivity contribution in [2.45, 2.75) is 65.5 Å². The molecular weight excluding hydrogens is 508 g/mol. The number of hydrogen-bond acceptors (Lipinski definition) is 7. The number of fused-ring (bicyclic) bond motifs is 2. The second-order valence-corrected chi connectivity index (χ2v) is 10.5. The molecule has 0 radical (unpaired) electrons. The SMILES string of the molecule is CCCc1nc(C(C)(C)O)c(C(=O)OCC)n1Cc1ccc2c(c1)CCc1ccccc1C2=Cc1noc(=O)[nH]1. The van der Waals surface area contributed by atoms with Gasteiger partial charge in [0.25, 0.3) is 0 Å². The Morgan fingerprint density at radius 1 is 1.15 bits per heavy atom. The molecule has 4 aromatic rings. The van der Waals surface area contributed by atoms with Crippen LogP contribution < -0.4 is 5.76 Å². The van der Waals surface area contributed by atoms with E-state index < -0.39 is 17.3 Å². The monoisotopic (exact) mass is 542 g/mol. The first kappa shape index (κ1) is 27.3. The van der Waals surface area contributed by atoms with Crippen molar-refractivity contribution in [2.75, 3.05) is 6.61 Å². The molecule has 0 saturated heterocycles. The molecule has 0 unspecified atom stereocenters. The van der Waals surface area contributed by atoms with Crippen molar-refractivity contribution in [1.29, 1.82) is 0 Å². The van der Waals surface area contributed by atoms with Crippen molar-refractivity contribution in [1.82, 2.24) is 19.7 Å². The molecule has 2 aromatic carbocycles. The highest BCUT2D eigenvalue weighted by Crippen LogP contribution is 2.35. The van der Waals surface area contributed by atoms with Crippen molar-refractivity contribution >= 4 is 17.6 Å². The summed E-state index contributed by atoms with van der Waals surface area (Å²) in [6, 6.07) is 14.5. The summed E-state index contributed by atoms with van der Waals surface area (Å²) in [5.74, 6) is -0.00457. The summed E-state index contributed by atoms with van der Waals surface area (Å²) in [5, 5.41) is 14.7. The van der Waals surface area contributed by atoms with Crippen LogP contribution in [0.4, 0.5) is 0 Å². The lowest BCUT2D eigenvalue weighted by atomic mass is 9.92. The number of aromatic nitrogens is 4. The average Bonchev–Trinajstić information content (AvgIpc) is 3.45. The molecule has 9 heteroatoms. The maximum absolute atomic E-state index is 13.1. The van der Waals surface area contributed by atoms with Crippen molar-refractivity contribution in [2.24, 2.45) is 0 Å². The van der Waals surface area contributed by atoms with E-state index in [0.717, 1.165) is 52.9 Å². The third-order valence-corrected chi connectivity index (χ3v) is 7.08. The number of carbonyl (C=O) groups excluding carboxylic acids is 1. The Morgan fingerprint density at radius 2 is 1.90 bits per heavy atom. The molecule has 2 heterocycles. The van der Waals surface area contributed by atoms with Gasteiger partial charge in [0.1, 0.15) is 17.1 Å². The summed E-state index contributed by atoms with van der Waals surface area (Å²) < 4.78 is 12.0. The zero-order chi connectivity index (χ0) is 28.4. The van der Waals surface area contributed by atoms with E-state index >= 15 is 0 Å². The Morgan fingerprint density at radius 3 is 2.60 bits per heavy atom. The van der Waals surface area contributed by atoms with Gasteiger partial charge >= 0.3 is 11.7 Å². The number of rotatable bonds is 8. The minimum atomic E-state index is -1.31. The van der Waals surface area contributed by atoms with Crippen molar-refractivity contribution in [3.63, 3.8) is 0 Å². The van der Waals surface area contributed by atoms with Gasteiger partial charge in [0, 0.05) is 13.0 Å². The molecule has 0 amide bonds. The number of esters is 1. The molecule has 9 nitrogen and oxygen atoms in total. The summed E-state index contributed by atoms with van der Waals surface area (Å²) in [6.45, 7) is 7.72. The first-order valence-corrected chi connectivity index (χ1v) is 13.7. The predicted molar refractivity (Wildman–Crippen MR) is 151 cm³/mol. The largest absolute Gasteiger partial charge is 0.461 e. The van der Waals surface area contributed by atoms with E-state index in [-0.39, 0.29) is 12.3 Å². The molecule has 2 aromatic heterocycles. The fraction of sp³-hybridized carbons (Fsp3) is 0.355. The predicted octanol–water partition coefficient (Wildman–Crippen LogP) is 4.65. The molecule has 1 aliphatic carbocycles. The second kappa shape index (κ2) is 11.1. The number of aromatic amines is 1. The molecule has 2 N–H and O–H groups in total. The molecule has 0 atom stereocenters. The van der Waals surface area contributed by atoms with Gasteiger partial charge in [0.2, 0.25) is 0 Å². The van der Waals surface area contributed by atoms with Crippen LogP contribution in [0.5, 0.6) is 0 Å². The maximum atomic E-state index is 13.1. The van der Waals surface area contributed by atoms with Crippen LogP contribution in [0.3, 0.4) is 0 Å². The van der Waals surface area contributed by atoms with Crippen LogP contribution in [-0.2, 0) is 36.1 Å². The van der Waals surface area contributed by atoms with E-state index in [0.29, 0.717) is 24.5 Å². The minimum absolute atomic E-state index is 0.226. The minimum Gasteiger partial charge on any atom is -0.461 e. The highest BCUT2D eigenvalue weighted by atomic mass is 16.5. The standard InChI is InChI=1S/C31H34N4O5/c1-5-9-26-33-28(31(3,4)38)27(29(36)39-6-2)35(26)18-19-12-15-23-21(16-19)14-13-20-10-7-8-11-22(20)24(23)17-25-32-30(37)40-34-25/h7-8,10-12,15-17,38H,5-6,9,13-14,18H2,1-4H3,(H,32,34,37). The molecule has 208 valence electrons. The molecule has 1 aliphatic rings. The summed E-state index contributed by atoms with van der Waals surface area (Å²) in [7, 11) is 0. The number of nitrogens with zero attached hydrogens (tertiary/aromatic N) is 3. The quantitative estimate of drug-likeness (QED) is 0.311. The molecule has 0 fully saturated rings. The molecule has 40 heavy (non-hydrogen) atoms. The lowest BCUT2D eigenvalue weighted by molar-refractivity contribution is 0.0469. The van der Waals surface area contributed by atoms with Crippen molar-refractivity contribution < 1.29 is 19.2 Å². The Bertz CT molecular complexity index is 1630. The van der Waals surface area contributed by atoms with Gasteiger partial charge in [-0.25, -0.2) is 14.6 Å². The maximum Gasteiger partial charge on any atom is 0.439 e. The molecule has 0 aliphatic heterocycles. The van der Waals surface area contributed by atoms with Crippen molar-refractivity contribution in [3.05, 3.63) is 104 Å². The number of aryl methyl sites for hydroxylation is 3. The first-order valence-electron chi connectivity index (χ1n) is 13.7. The van der Waals surface area contributed by atoms with E-state index in [1.165, 1.54) is 5.56 Å². The fourth-order valence-electron chi connectivity index (χ4n) is 5.33. The Hall–Kier alpha value is -4.24. The lowest BCUT2D eigenvalue weighted by Gasteiger charge is -2.18. The zero-order valence-electron chi connectivity index (χ0n) is 23.3.